The number of likely N-dealkylation sites (tertiary alicyclic amines) is 1. The van der Waals surface area contributed by atoms with Gasteiger partial charge in [-0.15, -0.1) is 0 Å². The molecule has 1 aliphatic rings. The lowest BCUT2D eigenvalue weighted by Gasteiger charge is -2.27. The van der Waals surface area contributed by atoms with Gasteiger partial charge in [-0.3, -0.25) is 9.69 Å². The van der Waals surface area contributed by atoms with E-state index in [-0.39, 0.29) is 17.9 Å². The normalized spacial score (nSPS) is 21.7. The standard InChI is InChI=1S/C19H21NO2/c1-22-19(21)17-12-13-20(14-15-8-4-2-5-9-15)18(17)16-10-6-3-7-11-16/h2-11,17-18H,12-14H2,1H3/t17-,18+/m0/s1. The predicted molar refractivity (Wildman–Crippen MR) is 86.2 cm³/mol. The molecule has 22 heavy (non-hydrogen) atoms. The summed E-state index contributed by atoms with van der Waals surface area (Å²) in [6.45, 7) is 1.77. The molecule has 0 amide bonds. The van der Waals surface area contributed by atoms with Gasteiger partial charge in [0.2, 0.25) is 0 Å². The molecule has 3 rings (SSSR count). The van der Waals surface area contributed by atoms with E-state index >= 15 is 0 Å². The Balaban J connectivity index is 1.87. The average molecular weight is 295 g/mol. The second kappa shape index (κ2) is 6.75. The van der Waals surface area contributed by atoms with Crippen LogP contribution in [0.5, 0.6) is 0 Å². The molecule has 0 spiro atoms. The highest BCUT2D eigenvalue weighted by Crippen LogP contribution is 2.38. The summed E-state index contributed by atoms with van der Waals surface area (Å²) in [6.07, 6.45) is 0.846. The molecule has 1 fully saturated rings. The molecule has 0 N–H and O–H groups in total. The van der Waals surface area contributed by atoms with Crippen LogP contribution in [0.2, 0.25) is 0 Å². The van der Waals surface area contributed by atoms with Crippen LogP contribution in [0.25, 0.3) is 0 Å². The van der Waals surface area contributed by atoms with Crippen LogP contribution in [0, 0.1) is 5.92 Å². The van der Waals surface area contributed by atoms with E-state index in [0.717, 1.165) is 19.5 Å². The summed E-state index contributed by atoms with van der Waals surface area (Å²) in [6, 6.07) is 20.8. The first kappa shape index (κ1) is 14.8. The van der Waals surface area contributed by atoms with Crippen LogP contribution in [0.1, 0.15) is 23.6 Å². The minimum Gasteiger partial charge on any atom is -0.469 e. The lowest BCUT2D eigenvalue weighted by atomic mass is 9.93. The van der Waals surface area contributed by atoms with Gasteiger partial charge in [-0.2, -0.15) is 0 Å². The number of esters is 1. The monoisotopic (exact) mass is 295 g/mol. The Hall–Kier alpha value is -2.13. The largest absolute Gasteiger partial charge is 0.469 e. The first-order chi connectivity index (χ1) is 10.8. The minimum absolute atomic E-state index is 0.0869. The van der Waals surface area contributed by atoms with Crippen molar-refractivity contribution in [1.29, 1.82) is 0 Å². The summed E-state index contributed by atoms with van der Waals surface area (Å²) in [5, 5.41) is 0. The molecule has 0 aliphatic carbocycles. The van der Waals surface area contributed by atoms with Crippen molar-refractivity contribution in [3.05, 3.63) is 71.8 Å². The highest BCUT2D eigenvalue weighted by molar-refractivity contribution is 5.74. The van der Waals surface area contributed by atoms with Crippen LogP contribution in [0.4, 0.5) is 0 Å². The first-order valence-corrected chi connectivity index (χ1v) is 7.70. The number of ether oxygens (including phenoxy) is 1. The molecule has 3 heteroatoms. The topological polar surface area (TPSA) is 29.5 Å². The smallest absolute Gasteiger partial charge is 0.310 e. The maximum Gasteiger partial charge on any atom is 0.310 e. The third-order valence-corrected chi connectivity index (χ3v) is 4.38. The van der Waals surface area contributed by atoms with Crippen LogP contribution in [0.3, 0.4) is 0 Å². The van der Waals surface area contributed by atoms with Gasteiger partial charge < -0.3 is 4.74 Å². The molecule has 1 heterocycles. The quantitative estimate of drug-likeness (QED) is 0.809. The highest BCUT2D eigenvalue weighted by Gasteiger charge is 2.40. The number of hydrogen-bond acceptors (Lipinski definition) is 3. The summed E-state index contributed by atoms with van der Waals surface area (Å²) in [5.41, 5.74) is 2.46. The van der Waals surface area contributed by atoms with Crippen LogP contribution in [0.15, 0.2) is 60.7 Å². The number of carbonyl (C=O) groups excluding carboxylic acids is 1. The van der Waals surface area contributed by atoms with Gasteiger partial charge in [0.15, 0.2) is 0 Å². The van der Waals surface area contributed by atoms with E-state index in [9.17, 15) is 4.79 Å². The number of nitrogens with zero attached hydrogens (tertiary/aromatic N) is 1. The fourth-order valence-corrected chi connectivity index (χ4v) is 3.34. The Morgan fingerprint density at radius 1 is 1.09 bits per heavy atom. The van der Waals surface area contributed by atoms with E-state index in [0.29, 0.717) is 0 Å². The summed E-state index contributed by atoms with van der Waals surface area (Å²) in [5.74, 6) is -0.194. The second-order valence-electron chi connectivity index (χ2n) is 5.73. The molecular formula is C19H21NO2. The van der Waals surface area contributed by atoms with E-state index in [1.165, 1.54) is 18.2 Å². The number of methoxy groups -OCH3 is 1. The molecular weight excluding hydrogens is 274 g/mol. The van der Waals surface area contributed by atoms with Crippen molar-refractivity contribution in [2.45, 2.75) is 19.0 Å². The van der Waals surface area contributed by atoms with Gasteiger partial charge >= 0.3 is 5.97 Å². The van der Waals surface area contributed by atoms with Gasteiger partial charge in [0.1, 0.15) is 0 Å². The van der Waals surface area contributed by atoms with Crippen molar-refractivity contribution in [2.75, 3.05) is 13.7 Å². The van der Waals surface area contributed by atoms with Crippen molar-refractivity contribution in [3.8, 4) is 0 Å². The molecule has 0 saturated carbocycles. The van der Waals surface area contributed by atoms with Crippen LogP contribution in [-0.2, 0) is 16.1 Å². The molecule has 0 radical (unpaired) electrons. The SMILES string of the molecule is COC(=O)[C@H]1CCN(Cc2ccccc2)[C@@H]1c1ccccc1. The predicted octanol–water partition coefficient (Wildman–Crippen LogP) is 3.42. The summed E-state index contributed by atoms with van der Waals surface area (Å²) < 4.78 is 5.02. The van der Waals surface area contributed by atoms with Crippen molar-refractivity contribution >= 4 is 5.97 Å². The summed E-state index contributed by atoms with van der Waals surface area (Å²) >= 11 is 0. The average Bonchev–Trinajstić information content (AvgIpc) is 2.99. The molecule has 1 saturated heterocycles. The Labute approximate surface area is 131 Å². The maximum absolute atomic E-state index is 12.1. The molecule has 3 nitrogen and oxygen atoms in total. The van der Waals surface area contributed by atoms with Gasteiger partial charge in [0.25, 0.3) is 0 Å². The van der Waals surface area contributed by atoms with Gasteiger partial charge in [-0.05, 0) is 17.5 Å². The fourth-order valence-electron chi connectivity index (χ4n) is 3.34. The lowest BCUT2D eigenvalue weighted by Crippen LogP contribution is -2.28. The lowest BCUT2D eigenvalue weighted by molar-refractivity contribution is -0.146. The maximum atomic E-state index is 12.1. The van der Waals surface area contributed by atoms with Crippen LogP contribution >= 0.6 is 0 Å². The van der Waals surface area contributed by atoms with Crippen molar-refractivity contribution < 1.29 is 9.53 Å². The van der Waals surface area contributed by atoms with E-state index in [1.807, 2.05) is 24.3 Å². The highest BCUT2D eigenvalue weighted by atomic mass is 16.5. The van der Waals surface area contributed by atoms with E-state index < -0.39 is 0 Å². The molecule has 2 aromatic rings. The third kappa shape index (κ3) is 3.04. The first-order valence-electron chi connectivity index (χ1n) is 7.70. The molecule has 1 aliphatic heterocycles. The third-order valence-electron chi connectivity index (χ3n) is 4.38. The number of carbonyl (C=O) groups is 1. The Morgan fingerprint density at radius 2 is 1.73 bits per heavy atom. The van der Waals surface area contributed by atoms with Gasteiger partial charge in [-0.25, -0.2) is 0 Å². The van der Waals surface area contributed by atoms with Crippen LogP contribution < -0.4 is 0 Å². The Bertz CT molecular complexity index is 612. The van der Waals surface area contributed by atoms with Crippen molar-refractivity contribution in [3.63, 3.8) is 0 Å². The van der Waals surface area contributed by atoms with Gasteiger partial charge in [0, 0.05) is 19.1 Å². The number of hydrogen-bond donors (Lipinski definition) is 0. The molecule has 0 unspecified atom stereocenters. The van der Waals surface area contributed by atoms with Crippen molar-refractivity contribution in [2.24, 2.45) is 5.92 Å². The Morgan fingerprint density at radius 3 is 2.36 bits per heavy atom. The minimum atomic E-state index is -0.107. The van der Waals surface area contributed by atoms with E-state index in [1.54, 1.807) is 0 Å². The molecule has 0 aromatic heterocycles. The van der Waals surface area contributed by atoms with Gasteiger partial charge in [-0.1, -0.05) is 60.7 Å². The summed E-state index contributed by atoms with van der Waals surface area (Å²) in [7, 11) is 1.48. The zero-order valence-electron chi connectivity index (χ0n) is 12.8. The zero-order valence-corrected chi connectivity index (χ0v) is 12.8. The fraction of sp³-hybridized carbons (Fsp3) is 0.316. The van der Waals surface area contributed by atoms with E-state index in [4.69, 9.17) is 4.74 Å². The zero-order chi connectivity index (χ0) is 15.4. The van der Waals surface area contributed by atoms with Gasteiger partial charge in [0.05, 0.1) is 13.0 Å². The summed E-state index contributed by atoms with van der Waals surface area (Å²) in [4.78, 5) is 14.5. The van der Waals surface area contributed by atoms with Crippen molar-refractivity contribution in [1.82, 2.24) is 4.90 Å². The molecule has 2 aromatic carbocycles. The number of rotatable bonds is 4. The van der Waals surface area contributed by atoms with Crippen LogP contribution in [-0.4, -0.2) is 24.5 Å². The molecule has 0 bridgehead atoms. The van der Waals surface area contributed by atoms with E-state index in [2.05, 4.69) is 41.3 Å². The molecule has 114 valence electrons. The second-order valence-corrected chi connectivity index (χ2v) is 5.73. The Kier molecular flexibility index (Phi) is 4.54. The number of benzene rings is 2. The molecule has 2 atom stereocenters.